The van der Waals surface area contributed by atoms with Gasteiger partial charge in [0, 0.05) is 54.6 Å². The normalized spacial score (nSPS) is 13.5. The molecule has 8 nitrogen and oxygen atoms in total. The van der Waals surface area contributed by atoms with Gasteiger partial charge in [-0.25, -0.2) is 0 Å². The topological polar surface area (TPSA) is 85.2 Å². The number of amides is 1. The van der Waals surface area contributed by atoms with Crippen LogP contribution in [0.25, 0.3) is 0 Å². The van der Waals surface area contributed by atoms with Crippen LogP contribution in [0.2, 0.25) is 5.02 Å². The van der Waals surface area contributed by atoms with E-state index in [0.29, 0.717) is 54.9 Å². The van der Waals surface area contributed by atoms with E-state index in [1.54, 1.807) is 54.5 Å². The quantitative estimate of drug-likeness (QED) is 0.356. The van der Waals surface area contributed by atoms with Crippen molar-refractivity contribution in [3.8, 4) is 11.5 Å². The van der Waals surface area contributed by atoms with Gasteiger partial charge < -0.3 is 19.3 Å². The molecule has 1 fully saturated rings. The van der Waals surface area contributed by atoms with Gasteiger partial charge in [-0.15, -0.1) is 0 Å². The van der Waals surface area contributed by atoms with E-state index in [4.69, 9.17) is 21.1 Å². The molecule has 0 spiro atoms. The van der Waals surface area contributed by atoms with Crippen molar-refractivity contribution < 1.29 is 19.2 Å². The SMILES string of the molecule is COc1cc(C(=O)N2CCN(c3ccc([N+](=O)[O-])cc3)CC2)ccc1OCc1ccc(Cl)cc1. The number of anilines is 1. The molecule has 3 aromatic carbocycles. The summed E-state index contributed by atoms with van der Waals surface area (Å²) >= 11 is 5.92. The van der Waals surface area contributed by atoms with Crippen LogP contribution in [0.5, 0.6) is 11.5 Å². The van der Waals surface area contributed by atoms with E-state index in [1.165, 1.54) is 12.1 Å². The van der Waals surface area contributed by atoms with Crippen molar-refractivity contribution in [1.29, 1.82) is 0 Å². The Labute approximate surface area is 202 Å². The highest BCUT2D eigenvalue weighted by molar-refractivity contribution is 6.30. The van der Waals surface area contributed by atoms with Gasteiger partial charge in [-0.1, -0.05) is 23.7 Å². The van der Waals surface area contributed by atoms with E-state index < -0.39 is 4.92 Å². The van der Waals surface area contributed by atoms with Gasteiger partial charge in [0.25, 0.3) is 11.6 Å². The first-order valence-electron chi connectivity index (χ1n) is 10.8. The van der Waals surface area contributed by atoms with Crippen molar-refractivity contribution in [2.24, 2.45) is 0 Å². The third kappa shape index (κ3) is 5.40. The van der Waals surface area contributed by atoms with E-state index >= 15 is 0 Å². The number of benzene rings is 3. The second-order valence-corrected chi connectivity index (χ2v) is 8.27. The van der Waals surface area contributed by atoms with Crippen molar-refractivity contribution in [1.82, 2.24) is 4.90 Å². The maximum absolute atomic E-state index is 13.1. The maximum Gasteiger partial charge on any atom is 0.269 e. The smallest absolute Gasteiger partial charge is 0.269 e. The Morgan fingerprint density at radius 2 is 1.65 bits per heavy atom. The van der Waals surface area contributed by atoms with Gasteiger partial charge in [-0.05, 0) is 48.0 Å². The number of hydrogen-bond acceptors (Lipinski definition) is 6. The Morgan fingerprint density at radius 3 is 2.26 bits per heavy atom. The van der Waals surface area contributed by atoms with E-state index in [1.807, 2.05) is 12.1 Å². The van der Waals surface area contributed by atoms with Crippen molar-refractivity contribution in [2.75, 3.05) is 38.2 Å². The molecule has 1 amide bonds. The Hall–Kier alpha value is -3.78. The van der Waals surface area contributed by atoms with Gasteiger partial charge in [0.2, 0.25) is 0 Å². The van der Waals surface area contributed by atoms with E-state index in [2.05, 4.69) is 4.90 Å². The summed E-state index contributed by atoms with van der Waals surface area (Å²) in [6.07, 6.45) is 0. The van der Waals surface area contributed by atoms with Gasteiger partial charge in [0.05, 0.1) is 12.0 Å². The molecular weight excluding hydrogens is 458 g/mol. The van der Waals surface area contributed by atoms with Crippen molar-refractivity contribution in [3.63, 3.8) is 0 Å². The molecule has 0 aromatic heterocycles. The molecule has 0 radical (unpaired) electrons. The molecule has 0 unspecified atom stereocenters. The molecule has 0 saturated carbocycles. The largest absolute Gasteiger partial charge is 0.493 e. The summed E-state index contributed by atoms with van der Waals surface area (Å²) < 4.78 is 11.3. The van der Waals surface area contributed by atoms with Crippen LogP contribution in [0, 0.1) is 10.1 Å². The lowest BCUT2D eigenvalue weighted by molar-refractivity contribution is -0.384. The molecule has 0 N–H and O–H groups in total. The summed E-state index contributed by atoms with van der Waals surface area (Å²) in [6.45, 7) is 2.73. The number of methoxy groups -OCH3 is 1. The third-order valence-electron chi connectivity index (χ3n) is 5.71. The van der Waals surface area contributed by atoms with Crippen LogP contribution in [0.15, 0.2) is 66.7 Å². The summed E-state index contributed by atoms with van der Waals surface area (Å²) in [6, 6.07) is 19.0. The Balaban J connectivity index is 1.37. The van der Waals surface area contributed by atoms with Crippen molar-refractivity contribution in [3.05, 3.63) is 93.0 Å². The number of carbonyl (C=O) groups excluding carboxylic acids is 1. The molecule has 9 heteroatoms. The zero-order chi connectivity index (χ0) is 24.1. The Bertz CT molecular complexity index is 1160. The first-order valence-corrected chi connectivity index (χ1v) is 11.2. The second kappa shape index (κ2) is 10.4. The number of rotatable bonds is 7. The van der Waals surface area contributed by atoms with Gasteiger partial charge in [0.1, 0.15) is 6.61 Å². The lowest BCUT2D eigenvalue weighted by Gasteiger charge is -2.36. The van der Waals surface area contributed by atoms with Crippen LogP contribution in [0.3, 0.4) is 0 Å². The van der Waals surface area contributed by atoms with Gasteiger partial charge in [-0.2, -0.15) is 0 Å². The lowest BCUT2D eigenvalue weighted by atomic mass is 10.1. The highest BCUT2D eigenvalue weighted by Crippen LogP contribution is 2.30. The molecule has 4 rings (SSSR count). The van der Waals surface area contributed by atoms with E-state index in [0.717, 1.165) is 11.3 Å². The molecule has 0 atom stereocenters. The third-order valence-corrected chi connectivity index (χ3v) is 5.96. The molecule has 3 aromatic rings. The average molecular weight is 482 g/mol. The number of nitro groups is 1. The number of nitro benzene ring substituents is 1. The number of piperazine rings is 1. The minimum absolute atomic E-state index is 0.0621. The van der Waals surface area contributed by atoms with Crippen molar-refractivity contribution >= 4 is 28.9 Å². The zero-order valence-corrected chi connectivity index (χ0v) is 19.4. The minimum atomic E-state index is -0.414. The van der Waals surface area contributed by atoms with Crippen LogP contribution in [-0.4, -0.2) is 49.0 Å². The number of ether oxygens (including phenoxy) is 2. The summed E-state index contributed by atoms with van der Waals surface area (Å²) in [5.74, 6) is 0.965. The second-order valence-electron chi connectivity index (χ2n) is 7.83. The average Bonchev–Trinajstić information content (AvgIpc) is 2.88. The number of halogens is 1. The Morgan fingerprint density at radius 1 is 0.971 bits per heavy atom. The monoisotopic (exact) mass is 481 g/mol. The van der Waals surface area contributed by atoms with Gasteiger partial charge in [-0.3, -0.25) is 14.9 Å². The van der Waals surface area contributed by atoms with Crippen LogP contribution in [-0.2, 0) is 6.61 Å². The number of nitrogens with zero attached hydrogens (tertiary/aromatic N) is 3. The molecule has 176 valence electrons. The van der Waals surface area contributed by atoms with Crippen LogP contribution >= 0.6 is 11.6 Å². The molecule has 1 heterocycles. The molecule has 1 saturated heterocycles. The van der Waals surface area contributed by atoms with Crippen LogP contribution in [0.4, 0.5) is 11.4 Å². The van der Waals surface area contributed by atoms with E-state index in [9.17, 15) is 14.9 Å². The molecule has 1 aliphatic heterocycles. The maximum atomic E-state index is 13.1. The fraction of sp³-hybridized carbons (Fsp3) is 0.240. The van der Waals surface area contributed by atoms with Crippen LogP contribution in [0.1, 0.15) is 15.9 Å². The fourth-order valence-electron chi connectivity index (χ4n) is 3.80. The standard InChI is InChI=1S/C25H24ClN3O5/c1-33-24-16-19(4-11-23(24)34-17-18-2-5-20(26)6-3-18)25(30)28-14-12-27(13-15-28)21-7-9-22(10-8-21)29(31)32/h2-11,16H,12-15,17H2,1H3. The molecule has 34 heavy (non-hydrogen) atoms. The number of carbonyl (C=O) groups is 1. The predicted molar refractivity (Wildman–Crippen MR) is 130 cm³/mol. The Kier molecular flexibility index (Phi) is 7.18. The first kappa shape index (κ1) is 23.4. The highest BCUT2D eigenvalue weighted by Gasteiger charge is 2.23. The molecule has 0 bridgehead atoms. The summed E-state index contributed by atoms with van der Waals surface area (Å²) in [4.78, 5) is 27.4. The van der Waals surface area contributed by atoms with Gasteiger partial charge in [0.15, 0.2) is 11.5 Å². The highest BCUT2D eigenvalue weighted by atomic mass is 35.5. The minimum Gasteiger partial charge on any atom is -0.493 e. The summed E-state index contributed by atoms with van der Waals surface area (Å²) in [5.41, 5.74) is 2.46. The predicted octanol–water partition coefficient (Wildman–Crippen LogP) is 4.80. The summed E-state index contributed by atoms with van der Waals surface area (Å²) in [5, 5.41) is 11.5. The number of hydrogen-bond donors (Lipinski definition) is 0. The molecule has 0 aliphatic carbocycles. The molecular formula is C25H24ClN3O5. The number of non-ortho nitro benzene ring substituents is 1. The fourth-order valence-corrected chi connectivity index (χ4v) is 3.92. The zero-order valence-electron chi connectivity index (χ0n) is 18.6. The van der Waals surface area contributed by atoms with E-state index in [-0.39, 0.29) is 11.6 Å². The first-order chi connectivity index (χ1) is 16.4. The lowest BCUT2D eigenvalue weighted by Crippen LogP contribution is -2.48. The van der Waals surface area contributed by atoms with Crippen LogP contribution < -0.4 is 14.4 Å². The van der Waals surface area contributed by atoms with Crippen molar-refractivity contribution in [2.45, 2.75) is 6.61 Å². The summed E-state index contributed by atoms with van der Waals surface area (Å²) in [7, 11) is 1.54. The molecule has 1 aliphatic rings. The van der Waals surface area contributed by atoms with Gasteiger partial charge >= 0.3 is 0 Å².